The molecule has 0 aromatic carbocycles. The molecule has 3 unspecified atom stereocenters. The summed E-state index contributed by atoms with van der Waals surface area (Å²) in [6, 6.07) is 1.46. The van der Waals surface area contributed by atoms with Crippen LogP contribution in [0.5, 0.6) is 0 Å². The minimum absolute atomic E-state index is 0.679. The third-order valence-electron chi connectivity index (χ3n) is 3.77. The Morgan fingerprint density at radius 2 is 2.25 bits per heavy atom. The van der Waals surface area contributed by atoms with Crippen molar-refractivity contribution in [2.24, 2.45) is 0 Å². The van der Waals surface area contributed by atoms with Gasteiger partial charge in [0.15, 0.2) is 0 Å². The van der Waals surface area contributed by atoms with Crippen LogP contribution in [0.15, 0.2) is 0 Å². The lowest BCUT2D eigenvalue weighted by molar-refractivity contribution is 0.435. The fourth-order valence-corrected chi connectivity index (χ4v) is 4.02. The molecular weight excluding hydrogens is 216 g/mol. The Morgan fingerprint density at radius 3 is 2.94 bits per heavy atom. The molecule has 0 aromatic rings. The quantitative estimate of drug-likeness (QED) is 0.774. The first kappa shape index (κ1) is 12.7. The highest BCUT2D eigenvalue weighted by Gasteiger charge is 2.18. The Kier molecular flexibility index (Phi) is 5.46. The molecule has 0 aromatic heterocycles. The van der Waals surface area contributed by atoms with Crippen molar-refractivity contribution in [2.45, 2.75) is 62.8 Å². The van der Waals surface area contributed by atoms with Crippen LogP contribution in [0, 0.1) is 0 Å². The predicted molar refractivity (Wildman–Crippen MR) is 73.2 cm³/mol. The van der Waals surface area contributed by atoms with E-state index in [0.29, 0.717) is 6.04 Å². The van der Waals surface area contributed by atoms with E-state index in [2.05, 4.69) is 29.3 Å². The maximum absolute atomic E-state index is 3.72. The van der Waals surface area contributed by atoms with Crippen molar-refractivity contribution >= 4 is 11.8 Å². The van der Waals surface area contributed by atoms with Gasteiger partial charge in [-0.15, -0.1) is 0 Å². The zero-order valence-electron chi connectivity index (χ0n) is 10.5. The molecule has 2 aliphatic rings. The largest absolute Gasteiger partial charge is 0.314 e. The van der Waals surface area contributed by atoms with Gasteiger partial charge >= 0.3 is 0 Å². The van der Waals surface area contributed by atoms with Gasteiger partial charge in [-0.25, -0.2) is 0 Å². The summed E-state index contributed by atoms with van der Waals surface area (Å²) < 4.78 is 0. The van der Waals surface area contributed by atoms with Crippen molar-refractivity contribution in [3.8, 4) is 0 Å². The first-order valence-corrected chi connectivity index (χ1v) is 7.98. The molecule has 0 amide bonds. The van der Waals surface area contributed by atoms with Crippen molar-refractivity contribution in [3.63, 3.8) is 0 Å². The van der Waals surface area contributed by atoms with E-state index in [1.54, 1.807) is 0 Å². The van der Waals surface area contributed by atoms with Crippen LogP contribution < -0.4 is 10.6 Å². The van der Waals surface area contributed by atoms with Crippen molar-refractivity contribution in [3.05, 3.63) is 0 Å². The van der Waals surface area contributed by atoms with E-state index < -0.39 is 0 Å². The van der Waals surface area contributed by atoms with Crippen LogP contribution in [0.25, 0.3) is 0 Å². The summed E-state index contributed by atoms with van der Waals surface area (Å²) in [6.45, 7) is 4.79. The minimum atomic E-state index is 0.679. The molecule has 3 heteroatoms. The van der Waals surface area contributed by atoms with Gasteiger partial charge in [-0.2, -0.15) is 11.8 Å². The van der Waals surface area contributed by atoms with E-state index in [-0.39, 0.29) is 0 Å². The van der Waals surface area contributed by atoms with Crippen molar-refractivity contribution in [1.29, 1.82) is 0 Å². The molecule has 2 N–H and O–H groups in total. The van der Waals surface area contributed by atoms with Crippen LogP contribution in [0.3, 0.4) is 0 Å². The average molecular weight is 242 g/mol. The van der Waals surface area contributed by atoms with Gasteiger partial charge in [-0.05, 0) is 51.3 Å². The van der Waals surface area contributed by atoms with Gasteiger partial charge in [0.2, 0.25) is 0 Å². The van der Waals surface area contributed by atoms with Crippen molar-refractivity contribution in [2.75, 3.05) is 18.8 Å². The highest BCUT2D eigenvalue weighted by Crippen LogP contribution is 2.24. The second-order valence-electron chi connectivity index (χ2n) is 5.33. The molecule has 2 aliphatic heterocycles. The molecule has 0 bridgehead atoms. The second-order valence-corrected chi connectivity index (χ2v) is 6.74. The summed E-state index contributed by atoms with van der Waals surface area (Å²) in [5.41, 5.74) is 0. The molecule has 2 fully saturated rings. The van der Waals surface area contributed by atoms with E-state index >= 15 is 0 Å². The first-order valence-electron chi connectivity index (χ1n) is 6.93. The Labute approximate surface area is 104 Å². The SMILES string of the molecule is CC(CC1CCCN1)NCC1CCCCS1. The molecule has 2 rings (SSSR count). The summed E-state index contributed by atoms with van der Waals surface area (Å²) in [5.74, 6) is 1.38. The van der Waals surface area contributed by atoms with Crippen LogP contribution in [-0.4, -0.2) is 36.2 Å². The topological polar surface area (TPSA) is 24.1 Å². The molecule has 0 radical (unpaired) electrons. The van der Waals surface area contributed by atoms with Crippen LogP contribution in [0.1, 0.15) is 45.4 Å². The zero-order chi connectivity index (χ0) is 11.2. The molecule has 0 spiro atoms. The van der Waals surface area contributed by atoms with E-state index in [1.165, 1.54) is 57.4 Å². The van der Waals surface area contributed by atoms with Gasteiger partial charge in [0.1, 0.15) is 0 Å². The van der Waals surface area contributed by atoms with Crippen molar-refractivity contribution < 1.29 is 0 Å². The molecule has 16 heavy (non-hydrogen) atoms. The first-order chi connectivity index (χ1) is 7.84. The number of hydrogen-bond acceptors (Lipinski definition) is 3. The molecule has 2 saturated heterocycles. The number of thioether (sulfide) groups is 1. The molecule has 0 saturated carbocycles. The van der Waals surface area contributed by atoms with Crippen LogP contribution in [0.2, 0.25) is 0 Å². The van der Waals surface area contributed by atoms with E-state index in [4.69, 9.17) is 0 Å². The second kappa shape index (κ2) is 6.87. The number of hydrogen-bond donors (Lipinski definition) is 2. The molecule has 94 valence electrons. The predicted octanol–water partition coefficient (Wildman–Crippen LogP) is 2.39. The zero-order valence-corrected chi connectivity index (χ0v) is 11.3. The van der Waals surface area contributed by atoms with E-state index in [9.17, 15) is 0 Å². The average Bonchev–Trinajstić information content (AvgIpc) is 2.81. The number of rotatable bonds is 5. The summed E-state index contributed by atoms with van der Waals surface area (Å²) in [5, 5.41) is 8.18. The molecule has 3 atom stereocenters. The van der Waals surface area contributed by atoms with Crippen LogP contribution in [0.4, 0.5) is 0 Å². The van der Waals surface area contributed by atoms with Gasteiger partial charge in [0, 0.05) is 23.9 Å². The summed E-state index contributed by atoms with van der Waals surface area (Å²) >= 11 is 2.17. The maximum atomic E-state index is 3.72. The summed E-state index contributed by atoms with van der Waals surface area (Å²) in [4.78, 5) is 0. The number of nitrogens with one attached hydrogen (secondary N) is 2. The minimum Gasteiger partial charge on any atom is -0.314 e. The van der Waals surface area contributed by atoms with E-state index in [0.717, 1.165) is 11.3 Å². The van der Waals surface area contributed by atoms with Gasteiger partial charge < -0.3 is 10.6 Å². The van der Waals surface area contributed by atoms with Gasteiger partial charge in [-0.1, -0.05) is 6.42 Å². The lowest BCUT2D eigenvalue weighted by Gasteiger charge is -2.25. The lowest BCUT2D eigenvalue weighted by Crippen LogP contribution is -2.37. The summed E-state index contributed by atoms with van der Waals surface area (Å²) in [7, 11) is 0. The third kappa shape index (κ3) is 4.27. The van der Waals surface area contributed by atoms with Gasteiger partial charge in [0.05, 0.1) is 0 Å². The standard InChI is InChI=1S/C13H26N2S/c1-11(9-12-5-4-7-14-12)15-10-13-6-2-3-8-16-13/h11-15H,2-10H2,1H3. The van der Waals surface area contributed by atoms with Crippen molar-refractivity contribution in [1.82, 2.24) is 10.6 Å². The smallest absolute Gasteiger partial charge is 0.0172 e. The monoisotopic (exact) mass is 242 g/mol. The molecule has 0 aliphatic carbocycles. The molecular formula is C13H26N2S. The Bertz CT molecular complexity index is 186. The Morgan fingerprint density at radius 1 is 1.31 bits per heavy atom. The van der Waals surface area contributed by atoms with Crippen LogP contribution >= 0.6 is 11.8 Å². The van der Waals surface area contributed by atoms with Gasteiger partial charge in [0.25, 0.3) is 0 Å². The Hall–Kier alpha value is 0.270. The highest BCUT2D eigenvalue weighted by atomic mass is 32.2. The summed E-state index contributed by atoms with van der Waals surface area (Å²) in [6.07, 6.45) is 8.35. The lowest BCUT2D eigenvalue weighted by atomic mass is 10.1. The highest BCUT2D eigenvalue weighted by molar-refractivity contribution is 7.99. The molecule has 2 nitrogen and oxygen atoms in total. The molecule has 2 heterocycles. The fourth-order valence-electron chi connectivity index (χ4n) is 2.77. The normalized spacial score (nSPS) is 32.8. The third-order valence-corrected chi connectivity index (χ3v) is 5.17. The van der Waals surface area contributed by atoms with Gasteiger partial charge in [-0.3, -0.25) is 0 Å². The fraction of sp³-hybridized carbons (Fsp3) is 1.00. The van der Waals surface area contributed by atoms with Crippen LogP contribution in [-0.2, 0) is 0 Å². The Balaban J connectivity index is 1.57. The van der Waals surface area contributed by atoms with E-state index in [1.807, 2.05) is 0 Å². The maximum Gasteiger partial charge on any atom is 0.0172 e.